The molecule has 0 bridgehead atoms. The van der Waals surface area contributed by atoms with Crippen molar-refractivity contribution in [2.75, 3.05) is 0 Å². The molecule has 0 unspecified atom stereocenters. The zero-order chi connectivity index (χ0) is 0. The van der Waals surface area contributed by atoms with Gasteiger partial charge in [-0.15, -0.1) is 0 Å². The van der Waals surface area contributed by atoms with Crippen LogP contribution in [0.2, 0.25) is 0 Å². The van der Waals surface area contributed by atoms with Gasteiger partial charge in [0, 0.05) is 111 Å². The molecule has 0 heterocycles. The summed E-state index contributed by atoms with van der Waals surface area (Å²) in [6, 6.07) is 0. The minimum atomic E-state index is 0. The van der Waals surface area contributed by atoms with Crippen LogP contribution in [-0.2, 0) is 0 Å². The zero-order valence-corrected chi connectivity index (χ0v) is 10.6. The Bertz CT molecular complexity index is 3.61. The Labute approximate surface area is 109 Å². The summed E-state index contributed by atoms with van der Waals surface area (Å²) in [5, 5.41) is 0. The van der Waals surface area contributed by atoms with E-state index >= 15 is 0 Å². The number of hydrogen-bond donors (Lipinski definition) is 0. The van der Waals surface area contributed by atoms with Gasteiger partial charge in [-0.3, -0.25) is 0 Å². The van der Waals surface area contributed by atoms with Crippen LogP contribution in [0.5, 0.6) is 0 Å². The molecule has 0 nitrogen and oxygen atoms in total. The van der Waals surface area contributed by atoms with Crippen LogP contribution in [0.3, 0.4) is 0 Å². The Balaban J connectivity index is 0. The third kappa shape index (κ3) is 18.5. The first-order valence-electron chi connectivity index (χ1n) is 0. The van der Waals surface area contributed by atoms with Crippen LogP contribution in [0.15, 0.2) is 0 Å². The molecule has 0 atom stereocenters. The van der Waals surface area contributed by atoms with E-state index in [0.29, 0.717) is 0 Å². The van der Waals surface area contributed by atoms with E-state index in [9.17, 15) is 0 Å². The molecular formula is Al4Ce. The molecule has 0 saturated carbocycles. The minimum absolute atomic E-state index is 0. The predicted molar refractivity (Wildman–Crippen MR) is 23.0 cm³/mol. The molecule has 0 aromatic carbocycles. The van der Waals surface area contributed by atoms with Crippen molar-refractivity contribution in [2.45, 2.75) is 0 Å². The van der Waals surface area contributed by atoms with E-state index < -0.39 is 0 Å². The minimum Gasteiger partial charge on any atom is 0 e. The quantitative estimate of drug-likeness (QED) is 0.457. The van der Waals surface area contributed by atoms with Gasteiger partial charge in [0.15, 0.2) is 0 Å². The SMILES string of the molecule is [Al].[Al].[Al].[Al].[Ce]. The van der Waals surface area contributed by atoms with Crippen LogP contribution >= 0.6 is 0 Å². The van der Waals surface area contributed by atoms with Crippen LogP contribution in [0.4, 0.5) is 0 Å². The van der Waals surface area contributed by atoms with Crippen molar-refractivity contribution in [3.8, 4) is 0 Å². The summed E-state index contributed by atoms with van der Waals surface area (Å²) in [6.07, 6.45) is 0. The Hall–Kier alpha value is 3.51. The molecule has 0 spiro atoms. The normalized spacial score (nSPS) is 0. The molecule has 0 saturated heterocycles. The molecule has 0 aliphatic heterocycles. The third-order valence-corrected chi connectivity index (χ3v) is 0. The summed E-state index contributed by atoms with van der Waals surface area (Å²) >= 11 is 0. The first kappa shape index (κ1) is 39.0. The summed E-state index contributed by atoms with van der Waals surface area (Å²) in [5.74, 6) is 0. The average molecular weight is 248 g/mol. The standard InChI is InChI=1S/4Al.Ce. The van der Waals surface area contributed by atoms with Crippen LogP contribution in [-0.4, -0.2) is 69.4 Å². The number of rotatable bonds is 0. The van der Waals surface area contributed by atoms with E-state index in [0.717, 1.165) is 0 Å². The second-order valence-corrected chi connectivity index (χ2v) is 0. The first-order valence-corrected chi connectivity index (χ1v) is 0. The zero-order valence-electron chi connectivity index (χ0n) is 2.81. The van der Waals surface area contributed by atoms with Crippen molar-refractivity contribution in [1.29, 1.82) is 0 Å². The van der Waals surface area contributed by atoms with Crippen molar-refractivity contribution in [2.24, 2.45) is 0 Å². The van der Waals surface area contributed by atoms with Gasteiger partial charge >= 0.3 is 0 Å². The molecule has 0 aliphatic rings. The van der Waals surface area contributed by atoms with Gasteiger partial charge in [0.2, 0.25) is 0 Å². The van der Waals surface area contributed by atoms with Crippen LogP contribution < -0.4 is 0 Å². The summed E-state index contributed by atoms with van der Waals surface area (Å²) in [4.78, 5) is 0. The molecular weight excluding hydrogens is 248 g/mol. The van der Waals surface area contributed by atoms with E-state index in [-0.39, 0.29) is 111 Å². The topological polar surface area (TPSA) is 0 Å². The summed E-state index contributed by atoms with van der Waals surface area (Å²) in [7, 11) is 0. The average Bonchev–Trinajstić information content (AvgIpc) is 0. The fourth-order valence-corrected chi connectivity index (χ4v) is 0. The van der Waals surface area contributed by atoms with Crippen LogP contribution in [0.1, 0.15) is 0 Å². The number of hydrogen-bond acceptors (Lipinski definition) is 0. The van der Waals surface area contributed by atoms with Gasteiger partial charge in [-0.1, -0.05) is 0 Å². The van der Waals surface area contributed by atoms with E-state index in [2.05, 4.69) is 0 Å². The molecule has 0 amide bonds. The fourth-order valence-electron chi connectivity index (χ4n) is 0. The molecule has 5 heavy (non-hydrogen) atoms. The molecule has 5 heteroatoms. The summed E-state index contributed by atoms with van der Waals surface area (Å²) < 4.78 is 0. The monoisotopic (exact) mass is 248 g/mol. The Kier molecular flexibility index (Phi) is 202. The third-order valence-electron chi connectivity index (χ3n) is 0. The van der Waals surface area contributed by atoms with Gasteiger partial charge in [0.05, 0.1) is 0 Å². The van der Waals surface area contributed by atoms with Crippen molar-refractivity contribution < 1.29 is 41.7 Å². The van der Waals surface area contributed by atoms with E-state index in [1.165, 1.54) is 0 Å². The maximum Gasteiger partial charge on any atom is 0 e. The van der Waals surface area contributed by atoms with Gasteiger partial charge in [0.25, 0.3) is 0 Å². The fraction of sp³-hybridized carbons (Fsp3) is 0. The van der Waals surface area contributed by atoms with Gasteiger partial charge < -0.3 is 0 Å². The maximum atomic E-state index is 0. The van der Waals surface area contributed by atoms with E-state index in [1.54, 1.807) is 0 Å². The van der Waals surface area contributed by atoms with Crippen molar-refractivity contribution >= 4 is 69.4 Å². The Morgan fingerprint density at radius 3 is 0.400 bits per heavy atom. The molecule has 0 fully saturated rings. The van der Waals surface area contributed by atoms with E-state index in [4.69, 9.17) is 0 Å². The summed E-state index contributed by atoms with van der Waals surface area (Å²) in [6.45, 7) is 0. The van der Waals surface area contributed by atoms with Gasteiger partial charge in [-0.2, -0.15) is 0 Å². The Morgan fingerprint density at radius 1 is 0.400 bits per heavy atom. The summed E-state index contributed by atoms with van der Waals surface area (Å²) in [5.41, 5.74) is 0. The second-order valence-electron chi connectivity index (χ2n) is 0. The van der Waals surface area contributed by atoms with Crippen LogP contribution in [0.25, 0.3) is 0 Å². The second kappa shape index (κ2) is 25.8. The molecule has 16 valence electrons. The molecule has 0 rings (SSSR count). The molecule has 0 aromatic heterocycles. The van der Waals surface area contributed by atoms with Crippen LogP contribution in [0, 0.1) is 41.7 Å². The smallest absolute Gasteiger partial charge is 0 e. The molecule has 0 aromatic rings. The predicted octanol–water partition coefficient (Wildman–Crippen LogP) is -1.52. The van der Waals surface area contributed by atoms with Crippen molar-refractivity contribution in [1.82, 2.24) is 0 Å². The van der Waals surface area contributed by atoms with Crippen molar-refractivity contribution in [3.05, 3.63) is 0 Å². The van der Waals surface area contributed by atoms with E-state index in [1.807, 2.05) is 0 Å². The van der Waals surface area contributed by atoms with Gasteiger partial charge in [0.1, 0.15) is 0 Å². The maximum absolute atomic E-state index is 0. The molecule has 12 radical (unpaired) electrons. The molecule has 0 N–H and O–H groups in total. The van der Waals surface area contributed by atoms with Gasteiger partial charge in [-0.05, 0) is 0 Å². The molecule has 0 aliphatic carbocycles. The van der Waals surface area contributed by atoms with Gasteiger partial charge in [-0.25, -0.2) is 0 Å². The Morgan fingerprint density at radius 2 is 0.400 bits per heavy atom. The van der Waals surface area contributed by atoms with Crippen molar-refractivity contribution in [3.63, 3.8) is 0 Å². The largest absolute Gasteiger partial charge is 0 e. The first-order chi connectivity index (χ1) is 0.